The van der Waals surface area contributed by atoms with Crippen molar-refractivity contribution in [2.45, 2.75) is 16.7 Å². The number of carbonyl (C=O) groups is 1. The lowest BCUT2D eigenvalue weighted by atomic mass is 10.1. The number of nitrogens with zero attached hydrogens (tertiary/aromatic N) is 2. The van der Waals surface area contributed by atoms with E-state index in [9.17, 15) is 13.2 Å². The quantitative estimate of drug-likeness (QED) is 0.647. The predicted molar refractivity (Wildman–Crippen MR) is 96.2 cm³/mol. The van der Waals surface area contributed by atoms with Crippen molar-refractivity contribution in [1.29, 1.82) is 0 Å². The third kappa shape index (κ3) is 3.54. The summed E-state index contributed by atoms with van der Waals surface area (Å²) >= 11 is 0. The molecule has 9 heteroatoms. The molecule has 1 heterocycles. The molecule has 0 radical (unpaired) electrons. The van der Waals surface area contributed by atoms with Crippen molar-refractivity contribution < 1.29 is 22.7 Å². The smallest absolute Gasteiger partial charge is 0.361 e. The average molecular weight is 387 g/mol. The molecule has 0 fully saturated rings. The summed E-state index contributed by atoms with van der Waals surface area (Å²) < 4.78 is 36.5. The van der Waals surface area contributed by atoms with Crippen LogP contribution in [0.3, 0.4) is 0 Å². The van der Waals surface area contributed by atoms with Gasteiger partial charge in [-0.2, -0.15) is 10.3 Å². The van der Waals surface area contributed by atoms with Gasteiger partial charge in [-0.25, -0.2) is 13.2 Å². The van der Waals surface area contributed by atoms with Gasteiger partial charge in [0.05, 0.1) is 23.5 Å². The van der Waals surface area contributed by atoms with Gasteiger partial charge in [-0.15, -0.1) is 5.10 Å². The number of hydrogen-bond acceptors (Lipinski definition) is 7. The van der Waals surface area contributed by atoms with Crippen molar-refractivity contribution in [3.05, 3.63) is 54.2 Å². The molecule has 0 unspecified atom stereocenters. The summed E-state index contributed by atoms with van der Waals surface area (Å²) in [5.41, 5.74) is 0.216. The molecule has 140 valence electrons. The van der Waals surface area contributed by atoms with Crippen LogP contribution in [0.15, 0.2) is 58.3 Å². The first kappa shape index (κ1) is 18.6. The van der Waals surface area contributed by atoms with Crippen LogP contribution in [0.2, 0.25) is 0 Å². The fourth-order valence-corrected chi connectivity index (χ4v) is 4.03. The summed E-state index contributed by atoms with van der Waals surface area (Å²) in [5.74, 6) is -0.338. The zero-order valence-electron chi connectivity index (χ0n) is 14.7. The number of methoxy groups -OCH3 is 1. The van der Waals surface area contributed by atoms with Gasteiger partial charge in [-0.1, -0.05) is 18.2 Å². The number of carbonyl (C=O) groups excluding carboxylic acids is 1. The highest BCUT2D eigenvalue weighted by Gasteiger charge is 2.28. The zero-order chi connectivity index (χ0) is 19.4. The number of aromatic nitrogens is 3. The van der Waals surface area contributed by atoms with Crippen LogP contribution in [0.25, 0.3) is 11.3 Å². The van der Waals surface area contributed by atoms with Gasteiger partial charge in [-0.05, 0) is 37.3 Å². The van der Waals surface area contributed by atoms with Gasteiger partial charge in [0.1, 0.15) is 11.4 Å². The Morgan fingerprint density at radius 2 is 1.85 bits per heavy atom. The Kier molecular flexibility index (Phi) is 5.22. The highest BCUT2D eigenvalue weighted by Crippen LogP contribution is 2.34. The van der Waals surface area contributed by atoms with Crippen molar-refractivity contribution in [1.82, 2.24) is 15.4 Å². The maximum atomic E-state index is 13.2. The minimum Gasteiger partial charge on any atom is -0.497 e. The third-order valence-corrected chi connectivity index (χ3v) is 5.61. The summed E-state index contributed by atoms with van der Waals surface area (Å²) in [5, 5.41) is 10.1. The van der Waals surface area contributed by atoms with Crippen molar-refractivity contribution in [2.24, 2.45) is 0 Å². The van der Waals surface area contributed by atoms with Crippen LogP contribution < -0.4 is 4.74 Å². The van der Waals surface area contributed by atoms with Crippen LogP contribution in [0.1, 0.15) is 17.4 Å². The number of rotatable bonds is 6. The standard InChI is InChI=1S/C18H17N3O5S/c1-3-26-18(22)17-16(19-21-20-17)14-10-9-12(25-2)11-15(14)27(23,24)13-7-5-4-6-8-13/h4-11H,3H2,1-2H3,(H,19,20,21). The van der Waals surface area contributed by atoms with E-state index in [1.165, 1.54) is 31.4 Å². The summed E-state index contributed by atoms with van der Waals surface area (Å²) in [4.78, 5) is 12.2. The Hall–Kier alpha value is -3.20. The Labute approximate surface area is 156 Å². The molecule has 1 N–H and O–H groups in total. The molecular weight excluding hydrogens is 370 g/mol. The maximum Gasteiger partial charge on any atom is 0.361 e. The lowest BCUT2D eigenvalue weighted by Gasteiger charge is -2.12. The molecule has 2 aromatic carbocycles. The predicted octanol–water partition coefficient (Wildman–Crippen LogP) is 2.49. The van der Waals surface area contributed by atoms with Crippen molar-refractivity contribution in [3.63, 3.8) is 0 Å². The summed E-state index contributed by atoms with van der Waals surface area (Å²) in [7, 11) is -2.46. The van der Waals surface area contributed by atoms with E-state index in [0.717, 1.165) is 0 Å². The van der Waals surface area contributed by atoms with Crippen LogP contribution in [-0.4, -0.2) is 43.5 Å². The molecule has 3 rings (SSSR count). The molecule has 3 aromatic rings. The Morgan fingerprint density at radius 3 is 2.52 bits per heavy atom. The highest BCUT2D eigenvalue weighted by molar-refractivity contribution is 7.91. The van der Waals surface area contributed by atoms with E-state index in [4.69, 9.17) is 9.47 Å². The number of sulfone groups is 1. The Morgan fingerprint density at radius 1 is 1.11 bits per heavy atom. The number of aromatic amines is 1. The Bertz CT molecular complexity index is 1060. The molecule has 8 nitrogen and oxygen atoms in total. The molecule has 0 aliphatic carbocycles. The molecule has 0 amide bonds. The normalized spacial score (nSPS) is 11.2. The van der Waals surface area contributed by atoms with Gasteiger partial charge in [0, 0.05) is 5.56 Å². The lowest BCUT2D eigenvalue weighted by molar-refractivity contribution is 0.0520. The largest absolute Gasteiger partial charge is 0.497 e. The second kappa shape index (κ2) is 7.58. The number of H-pyrrole nitrogens is 1. The van der Waals surface area contributed by atoms with E-state index < -0.39 is 15.8 Å². The maximum absolute atomic E-state index is 13.2. The fourth-order valence-electron chi connectivity index (χ4n) is 2.53. The van der Waals surface area contributed by atoms with Gasteiger partial charge >= 0.3 is 5.97 Å². The minimum absolute atomic E-state index is 0.0486. The zero-order valence-corrected chi connectivity index (χ0v) is 15.5. The van der Waals surface area contributed by atoms with Crippen LogP contribution >= 0.6 is 0 Å². The second-order valence-corrected chi connectivity index (χ2v) is 7.34. The molecule has 0 spiro atoms. The van der Waals surface area contributed by atoms with Crippen molar-refractivity contribution in [3.8, 4) is 17.0 Å². The van der Waals surface area contributed by atoms with Crippen molar-refractivity contribution in [2.75, 3.05) is 13.7 Å². The fraction of sp³-hybridized carbons (Fsp3) is 0.167. The van der Waals surface area contributed by atoms with Crippen molar-refractivity contribution >= 4 is 15.8 Å². The van der Waals surface area contributed by atoms with Crippen LogP contribution in [0.5, 0.6) is 5.75 Å². The number of nitrogens with one attached hydrogen (secondary N) is 1. The van der Waals surface area contributed by atoms with Crippen LogP contribution in [-0.2, 0) is 14.6 Å². The summed E-state index contributed by atoms with van der Waals surface area (Å²) in [6, 6.07) is 12.5. The molecule has 0 bridgehead atoms. The molecular formula is C18H17N3O5S. The van der Waals surface area contributed by atoms with E-state index in [1.54, 1.807) is 31.2 Å². The van der Waals surface area contributed by atoms with E-state index in [2.05, 4.69) is 15.4 Å². The molecule has 0 saturated heterocycles. The highest BCUT2D eigenvalue weighted by atomic mass is 32.2. The SMILES string of the molecule is CCOC(=O)c1n[nH]nc1-c1ccc(OC)cc1S(=O)(=O)c1ccccc1. The summed E-state index contributed by atoms with van der Waals surface area (Å²) in [6.07, 6.45) is 0. The third-order valence-electron chi connectivity index (χ3n) is 3.80. The monoisotopic (exact) mass is 387 g/mol. The number of ether oxygens (including phenoxy) is 2. The van der Waals surface area contributed by atoms with Gasteiger partial charge in [-0.3, -0.25) is 0 Å². The summed E-state index contributed by atoms with van der Waals surface area (Å²) in [6.45, 7) is 1.82. The minimum atomic E-state index is -3.90. The Balaban J connectivity index is 2.22. The number of hydrogen-bond donors (Lipinski definition) is 1. The first-order chi connectivity index (χ1) is 13.0. The van der Waals surface area contributed by atoms with E-state index in [-0.39, 0.29) is 33.3 Å². The molecule has 0 aliphatic rings. The molecule has 0 aliphatic heterocycles. The van der Waals surface area contributed by atoms with Gasteiger partial charge < -0.3 is 9.47 Å². The second-order valence-electron chi connectivity index (χ2n) is 5.42. The first-order valence-electron chi connectivity index (χ1n) is 8.05. The number of esters is 1. The van der Waals surface area contributed by atoms with Gasteiger partial charge in [0.2, 0.25) is 9.84 Å². The van der Waals surface area contributed by atoms with E-state index in [1.807, 2.05) is 0 Å². The van der Waals surface area contributed by atoms with Gasteiger partial charge in [0.15, 0.2) is 5.69 Å². The van der Waals surface area contributed by atoms with Crippen LogP contribution in [0, 0.1) is 0 Å². The van der Waals surface area contributed by atoms with E-state index >= 15 is 0 Å². The number of benzene rings is 2. The van der Waals surface area contributed by atoms with Gasteiger partial charge in [0.25, 0.3) is 0 Å². The molecule has 0 saturated carbocycles. The molecule has 1 aromatic heterocycles. The topological polar surface area (TPSA) is 111 Å². The van der Waals surface area contributed by atoms with E-state index in [0.29, 0.717) is 5.75 Å². The van der Waals surface area contributed by atoms with Crippen LogP contribution in [0.4, 0.5) is 0 Å². The molecule has 27 heavy (non-hydrogen) atoms. The lowest BCUT2D eigenvalue weighted by Crippen LogP contribution is -2.09. The molecule has 0 atom stereocenters. The first-order valence-corrected chi connectivity index (χ1v) is 9.53. The average Bonchev–Trinajstić information content (AvgIpc) is 3.18.